The molecule has 0 fully saturated rings. The van der Waals surface area contributed by atoms with Gasteiger partial charge in [0.1, 0.15) is 0 Å². The maximum absolute atomic E-state index is 12.2. The number of carbonyl (C=O) groups is 1. The zero-order valence-electron chi connectivity index (χ0n) is 13.8. The molecule has 1 N–H and O–H groups in total. The quantitative estimate of drug-likeness (QED) is 0.737. The molecule has 1 aliphatic rings. The Kier molecular flexibility index (Phi) is 4.61. The van der Waals surface area contributed by atoms with Crippen LogP contribution in [-0.4, -0.2) is 16.0 Å². The highest BCUT2D eigenvalue weighted by molar-refractivity contribution is 7.09. The lowest BCUT2D eigenvalue weighted by Gasteiger charge is -2.10. The Hall–Kier alpha value is -2.47. The number of carbonyl (C=O) groups excluding carboxylic acids is 1. The van der Waals surface area contributed by atoms with Crippen molar-refractivity contribution in [2.45, 2.75) is 38.1 Å². The number of aryl methyl sites for hydroxylation is 1. The lowest BCUT2D eigenvalue weighted by Crippen LogP contribution is -2.24. The van der Waals surface area contributed by atoms with Gasteiger partial charge in [-0.05, 0) is 41.3 Å². The Balaban J connectivity index is 1.29. The third-order valence-corrected chi connectivity index (χ3v) is 5.42. The van der Waals surface area contributed by atoms with E-state index in [-0.39, 0.29) is 12.5 Å². The van der Waals surface area contributed by atoms with Gasteiger partial charge in [-0.2, -0.15) is 4.98 Å². The van der Waals surface area contributed by atoms with E-state index in [1.807, 2.05) is 23.6 Å². The van der Waals surface area contributed by atoms with Crippen LogP contribution < -0.4 is 5.32 Å². The Morgan fingerprint density at radius 1 is 1.28 bits per heavy atom. The summed E-state index contributed by atoms with van der Waals surface area (Å²) in [5.74, 6) is 1.44. The largest absolute Gasteiger partial charge is 0.347 e. The standard InChI is InChI=1S/C19H19N3O2S/c23-18(10-14-8-7-13-4-1-2-6-16(13)14)20-12-19-21-17(22-24-19)11-15-5-3-9-25-15/h1-6,9,14H,7-8,10-12H2,(H,20,23). The van der Waals surface area contributed by atoms with Gasteiger partial charge in [-0.15, -0.1) is 11.3 Å². The van der Waals surface area contributed by atoms with Crippen LogP contribution in [0.4, 0.5) is 0 Å². The summed E-state index contributed by atoms with van der Waals surface area (Å²) in [6.45, 7) is 0.282. The van der Waals surface area contributed by atoms with Gasteiger partial charge in [-0.3, -0.25) is 4.79 Å². The molecular weight excluding hydrogens is 334 g/mol. The molecule has 1 atom stereocenters. The van der Waals surface area contributed by atoms with E-state index in [9.17, 15) is 4.79 Å². The molecule has 2 aromatic heterocycles. The smallest absolute Gasteiger partial charge is 0.246 e. The minimum atomic E-state index is 0.0275. The number of hydrogen-bond acceptors (Lipinski definition) is 5. The van der Waals surface area contributed by atoms with E-state index in [0.29, 0.717) is 30.5 Å². The number of aromatic nitrogens is 2. The number of thiophene rings is 1. The minimum absolute atomic E-state index is 0.0275. The minimum Gasteiger partial charge on any atom is -0.347 e. The molecule has 25 heavy (non-hydrogen) atoms. The highest BCUT2D eigenvalue weighted by Gasteiger charge is 2.24. The lowest BCUT2D eigenvalue weighted by atomic mass is 9.97. The molecule has 0 saturated carbocycles. The first-order valence-electron chi connectivity index (χ1n) is 8.46. The number of fused-ring (bicyclic) bond motifs is 1. The summed E-state index contributed by atoms with van der Waals surface area (Å²) in [5, 5.41) is 8.89. The normalized spacial score (nSPS) is 15.9. The molecule has 0 saturated heterocycles. The molecule has 6 heteroatoms. The Morgan fingerprint density at radius 2 is 2.20 bits per heavy atom. The van der Waals surface area contributed by atoms with Gasteiger partial charge in [0.15, 0.2) is 5.82 Å². The van der Waals surface area contributed by atoms with Crippen molar-refractivity contribution in [3.05, 3.63) is 69.5 Å². The fraction of sp³-hybridized carbons (Fsp3) is 0.316. The summed E-state index contributed by atoms with van der Waals surface area (Å²) in [6, 6.07) is 12.4. The molecule has 3 aromatic rings. The van der Waals surface area contributed by atoms with Gasteiger partial charge >= 0.3 is 0 Å². The van der Waals surface area contributed by atoms with E-state index in [2.05, 4.69) is 33.7 Å². The zero-order valence-corrected chi connectivity index (χ0v) is 14.6. The van der Waals surface area contributed by atoms with Crippen LogP contribution in [0.1, 0.15) is 46.5 Å². The molecule has 1 aliphatic carbocycles. The first-order chi connectivity index (χ1) is 12.3. The summed E-state index contributed by atoms with van der Waals surface area (Å²) in [7, 11) is 0. The molecular formula is C19H19N3O2S. The second-order valence-corrected chi connectivity index (χ2v) is 7.31. The predicted molar refractivity (Wildman–Crippen MR) is 95.4 cm³/mol. The van der Waals surface area contributed by atoms with E-state index in [1.165, 1.54) is 16.0 Å². The Bertz CT molecular complexity index is 857. The maximum atomic E-state index is 12.2. The molecule has 128 valence electrons. The third-order valence-electron chi connectivity index (χ3n) is 4.55. The molecule has 0 spiro atoms. The zero-order chi connectivity index (χ0) is 17.1. The summed E-state index contributed by atoms with van der Waals surface area (Å²) in [5.41, 5.74) is 2.68. The van der Waals surface area contributed by atoms with Crippen molar-refractivity contribution < 1.29 is 9.32 Å². The fourth-order valence-corrected chi connectivity index (χ4v) is 4.03. The van der Waals surface area contributed by atoms with Gasteiger partial charge in [0, 0.05) is 17.7 Å². The van der Waals surface area contributed by atoms with Crippen LogP contribution in [0, 0.1) is 0 Å². The highest BCUT2D eigenvalue weighted by Crippen LogP contribution is 2.35. The topological polar surface area (TPSA) is 68.0 Å². The van der Waals surface area contributed by atoms with E-state index >= 15 is 0 Å². The highest BCUT2D eigenvalue weighted by atomic mass is 32.1. The van der Waals surface area contributed by atoms with Crippen molar-refractivity contribution in [2.24, 2.45) is 0 Å². The first kappa shape index (κ1) is 16.0. The number of amides is 1. The van der Waals surface area contributed by atoms with Gasteiger partial charge in [0.2, 0.25) is 11.8 Å². The third kappa shape index (κ3) is 3.79. The second kappa shape index (κ2) is 7.19. The summed E-state index contributed by atoms with van der Waals surface area (Å²) in [4.78, 5) is 17.8. The number of nitrogens with one attached hydrogen (secondary N) is 1. The van der Waals surface area contributed by atoms with Crippen LogP contribution >= 0.6 is 11.3 Å². The van der Waals surface area contributed by atoms with Crippen molar-refractivity contribution in [2.75, 3.05) is 0 Å². The first-order valence-corrected chi connectivity index (χ1v) is 9.34. The lowest BCUT2D eigenvalue weighted by molar-refractivity contribution is -0.121. The fourth-order valence-electron chi connectivity index (χ4n) is 3.33. The van der Waals surface area contributed by atoms with Crippen LogP contribution in [0.15, 0.2) is 46.3 Å². The van der Waals surface area contributed by atoms with E-state index in [4.69, 9.17) is 4.52 Å². The van der Waals surface area contributed by atoms with E-state index in [0.717, 1.165) is 12.8 Å². The van der Waals surface area contributed by atoms with Crippen molar-refractivity contribution in [3.63, 3.8) is 0 Å². The van der Waals surface area contributed by atoms with Gasteiger partial charge in [0.05, 0.1) is 6.54 Å². The molecule has 0 radical (unpaired) electrons. The Labute approximate surface area is 150 Å². The molecule has 5 nitrogen and oxygen atoms in total. The van der Waals surface area contributed by atoms with Gasteiger partial charge < -0.3 is 9.84 Å². The van der Waals surface area contributed by atoms with Crippen molar-refractivity contribution in [1.29, 1.82) is 0 Å². The summed E-state index contributed by atoms with van der Waals surface area (Å²) in [6.07, 6.45) is 3.27. The van der Waals surface area contributed by atoms with Crippen molar-refractivity contribution in [1.82, 2.24) is 15.5 Å². The van der Waals surface area contributed by atoms with Crippen LogP contribution in [0.25, 0.3) is 0 Å². The second-order valence-electron chi connectivity index (χ2n) is 6.28. The average Bonchev–Trinajstić information content (AvgIpc) is 3.36. The molecule has 0 aliphatic heterocycles. The molecule has 0 bridgehead atoms. The number of nitrogens with zero attached hydrogens (tertiary/aromatic N) is 2. The van der Waals surface area contributed by atoms with Crippen LogP contribution in [0.2, 0.25) is 0 Å². The molecule has 1 aromatic carbocycles. The average molecular weight is 353 g/mol. The van der Waals surface area contributed by atoms with Crippen LogP contribution in [-0.2, 0) is 24.2 Å². The van der Waals surface area contributed by atoms with E-state index in [1.54, 1.807) is 11.3 Å². The monoisotopic (exact) mass is 353 g/mol. The summed E-state index contributed by atoms with van der Waals surface area (Å²) >= 11 is 1.67. The van der Waals surface area contributed by atoms with Gasteiger partial charge in [0.25, 0.3) is 0 Å². The summed E-state index contributed by atoms with van der Waals surface area (Å²) < 4.78 is 5.22. The predicted octanol–water partition coefficient (Wildman–Crippen LogP) is 3.46. The molecule has 2 heterocycles. The Morgan fingerprint density at radius 3 is 3.08 bits per heavy atom. The number of rotatable bonds is 6. The SMILES string of the molecule is O=C(CC1CCc2ccccc21)NCc1nc(Cc2cccs2)no1. The molecule has 1 unspecified atom stereocenters. The number of hydrogen-bond donors (Lipinski definition) is 1. The van der Waals surface area contributed by atoms with E-state index < -0.39 is 0 Å². The number of benzene rings is 1. The van der Waals surface area contributed by atoms with Gasteiger partial charge in [-0.1, -0.05) is 35.5 Å². The van der Waals surface area contributed by atoms with Crippen LogP contribution in [0.5, 0.6) is 0 Å². The maximum Gasteiger partial charge on any atom is 0.246 e. The molecule has 4 rings (SSSR count). The van der Waals surface area contributed by atoms with Crippen molar-refractivity contribution in [3.8, 4) is 0 Å². The van der Waals surface area contributed by atoms with Crippen molar-refractivity contribution >= 4 is 17.2 Å². The van der Waals surface area contributed by atoms with Crippen LogP contribution in [0.3, 0.4) is 0 Å². The molecule has 1 amide bonds. The van der Waals surface area contributed by atoms with Gasteiger partial charge in [-0.25, -0.2) is 0 Å².